The lowest BCUT2D eigenvalue weighted by atomic mass is 10.3. The van der Waals surface area contributed by atoms with Crippen molar-refractivity contribution >= 4 is 5.91 Å². The van der Waals surface area contributed by atoms with E-state index in [0.29, 0.717) is 25.3 Å². The fourth-order valence-corrected chi connectivity index (χ4v) is 2.14. The first-order valence-electron chi connectivity index (χ1n) is 6.81. The molecule has 0 aliphatic carbocycles. The maximum Gasteiger partial charge on any atom is 0.289 e. The number of rotatable bonds is 6. The van der Waals surface area contributed by atoms with Crippen LogP contribution in [0.25, 0.3) is 0 Å². The average Bonchev–Trinajstić information content (AvgIpc) is 3.02. The number of furan rings is 1. The molecule has 0 spiro atoms. The molecule has 6 heteroatoms. The van der Waals surface area contributed by atoms with Crippen LogP contribution in [0.15, 0.2) is 22.8 Å². The van der Waals surface area contributed by atoms with Gasteiger partial charge in [0.2, 0.25) is 0 Å². The van der Waals surface area contributed by atoms with Gasteiger partial charge in [0, 0.05) is 32.7 Å². The van der Waals surface area contributed by atoms with Gasteiger partial charge in [0.25, 0.3) is 5.91 Å². The van der Waals surface area contributed by atoms with E-state index in [-0.39, 0.29) is 5.91 Å². The number of morpholine rings is 1. The Morgan fingerprint density at radius 1 is 1.40 bits per heavy atom. The Bertz CT molecular complexity index is 447. The molecule has 1 amide bonds. The van der Waals surface area contributed by atoms with E-state index in [0.717, 1.165) is 32.8 Å². The molecule has 6 nitrogen and oxygen atoms in total. The van der Waals surface area contributed by atoms with Crippen LogP contribution >= 0.6 is 0 Å². The summed E-state index contributed by atoms with van der Waals surface area (Å²) in [6, 6.07) is 5.42. The highest BCUT2D eigenvalue weighted by Gasteiger charge is 2.19. The van der Waals surface area contributed by atoms with Crippen molar-refractivity contribution in [2.24, 2.45) is 0 Å². The van der Waals surface area contributed by atoms with Gasteiger partial charge < -0.3 is 14.1 Å². The third-order valence-corrected chi connectivity index (χ3v) is 3.30. The van der Waals surface area contributed by atoms with Crippen LogP contribution in [0.2, 0.25) is 0 Å². The third-order valence-electron chi connectivity index (χ3n) is 3.30. The van der Waals surface area contributed by atoms with Gasteiger partial charge in [0.15, 0.2) is 5.76 Å². The standard InChI is InChI=1S/C14H19N3O3/c15-4-2-5-17(14(18)13-3-1-10-20-13)7-6-16-8-11-19-12-9-16/h1,3,10H,2,5-9,11-12H2. The monoisotopic (exact) mass is 277 g/mol. The summed E-state index contributed by atoms with van der Waals surface area (Å²) in [6.45, 7) is 5.08. The van der Waals surface area contributed by atoms with Gasteiger partial charge in [0.05, 0.1) is 32.0 Å². The van der Waals surface area contributed by atoms with Gasteiger partial charge in [-0.1, -0.05) is 0 Å². The van der Waals surface area contributed by atoms with Gasteiger partial charge >= 0.3 is 0 Å². The number of nitriles is 1. The van der Waals surface area contributed by atoms with E-state index in [1.54, 1.807) is 17.0 Å². The molecular formula is C14H19N3O3. The maximum absolute atomic E-state index is 12.3. The molecule has 0 saturated carbocycles. The Kier molecular flexibility index (Phi) is 5.59. The molecule has 2 rings (SSSR count). The molecule has 1 aliphatic heterocycles. The van der Waals surface area contributed by atoms with Crippen molar-refractivity contribution in [3.8, 4) is 6.07 Å². The topological polar surface area (TPSA) is 69.7 Å². The number of amides is 1. The first-order valence-corrected chi connectivity index (χ1v) is 6.81. The minimum Gasteiger partial charge on any atom is -0.459 e. The molecular weight excluding hydrogens is 258 g/mol. The minimum atomic E-state index is -0.154. The van der Waals surface area contributed by atoms with Crippen molar-refractivity contribution in [3.63, 3.8) is 0 Å². The van der Waals surface area contributed by atoms with Crippen LogP contribution < -0.4 is 0 Å². The second-order valence-corrected chi connectivity index (χ2v) is 4.63. The van der Waals surface area contributed by atoms with E-state index in [2.05, 4.69) is 11.0 Å². The molecule has 1 aliphatic rings. The highest BCUT2D eigenvalue weighted by molar-refractivity contribution is 5.91. The normalized spacial score (nSPS) is 15.8. The first-order chi connectivity index (χ1) is 9.81. The van der Waals surface area contributed by atoms with Crippen molar-refractivity contribution in [2.45, 2.75) is 6.42 Å². The zero-order valence-corrected chi connectivity index (χ0v) is 11.5. The van der Waals surface area contributed by atoms with Crippen LogP contribution in [0.3, 0.4) is 0 Å². The van der Waals surface area contributed by atoms with Gasteiger partial charge in [-0.3, -0.25) is 9.69 Å². The molecule has 0 N–H and O–H groups in total. The zero-order valence-electron chi connectivity index (χ0n) is 11.5. The van der Waals surface area contributed by atoms with Crippen molar-refractivity contribution in [3.05, 3.63) is 24.2 Å². The predicted octanol–water partition coefficient (Wildman–Crippen LogP) is 0.968. The molecule has 108 valence electrons. The largest absolute Gasteiger partial charge is 0.459 e. The summed E-state index contributed by atoms with van der Waals surface area (Å²) in [6.07, 6.45) is 1.81. The number of nitrogens with zero attached hydrogens (tertiary/aromatic N) is 3. The van der Waals surface area contributed by atoms with E-state index >= 15 is 0 Å². The van der Waals surface area contributed by atoms with Crippen molar-refractivity contribution in [1.82, 2.24) is 9.80 Å². The van der Waals surface area contributed by atoms with Crippen LogP contribution in [0.4, 0.5) is 0 Å². The highest BCUT2D eigenvalue weighted by Crippen LogP contribution is 2.07. The van der Waals surface area contributed by atoms with Crippen LogP contribution in [0.5, 0.6) is 0 Å². The van der Waals surface area contributed by atoms with Gasteiger partial charge in [-0.05, 0) is 12.1 Å². The molecule has 0 unspecified atom stereocenters. The molecule has 0 radical (unpaired) electrons. The second-order valence-electron chi connectivity index (χ2n) is 4.63. The van der Waals surface area contributed by atoms with E-state index < -0.39 is 0 Å². The molecule has 2 heterocycles. The van der Waals surface area contributed by atoms with Crippen molar-refractivity contribution in [2.75, 3.05) is 45.9 Å². The highest BCUT2D eigenvalue weighted by atomic mass is 16.5. The quantitative estimate of drug-likeness (QED) is 0.775. The molecule has 1 aromatic rings. The molecule has 1 saturated heterocycles. The van der Waals surface area contributed by atoms with Crippen molar-refractivity contribution in [1.29, 1.82) is 5.26 Å². The number of carbonyl (C=O) groups excluding carboxylic acids is 1. The summed E-state index contributed by atoms with van der Waals surface area (Å²) in [5.41, 5.74) is 0. The molecule has 0 aromatic carbocycles. The molecule has 1 fully saturated rings. The SMILES string of the molecule is N#CCCN(CCN1CCOCC1)C(=O)c1ccco1. The van der Waals surface area contributed by atoms with Crippen LogP contribution in [-0.2, 0) is 4.74 Å². The summed E-state index contributed by atoms with van der Waals surface area (Å²) in [5, 5.41) is 8.71. The lowest BCUT2D eigenvalue weighted by molar-refractivity contribution is 0.0322. The Labute approximate surface area is 118 Å². The summed E-state index contributed by atoms with van der Waals surface area (Å²) >= 11 is 0. The molecule has 1 aromatic heterocycles. The Morgan fingerprint density at radius 3 is 2.85 bits per heavy atom. The van der Waals surface area contributed by atoms with E-state index in [1.807, 2.05) is 0 Å². The smallest absolute Gasteiger partial charge is 0.289 e. The lowest BCUT2D eigenvalue weighted by Crippen LogP contribution is -2.43. The van der Waals surface area contributed by atoms with Gasteiger partial charge in [-0.15, -0.1) is 0 Å². The van der Waals surface area contributed by atoms with E-state index in [1.165, 1.54) is 6.26 Å². The Morgan fingerprint density at radius 2 is 2.20 bits per heavy atom. The van der Waals surface area contributed by atoms with Crippen LogP contribution in [0, 0.1) is 11.3 Å². The molecule has 20 heavy (non-hydrogen) atoms. The number of carbonyl (C=O) groups is 1. The minimum absolute atomic E-state index is 0.154. The molecule has 0 bridgehead atoms. The predicted molar refractivity (Wildman–Crippen MR) is 72.1 cm³/mol. The summed E-state index contributed by atoms with van der Waals surface area (Å²) in [7, 11) is 0. The van der Waals surface area contributed by atoms with E-state index in [4.69, 9.17) is 14.4 Å². The lowest BCUT2D eigenvalue weighted by Gasteiger charge is -2.29. The number of hydrogen-bond acceptors (Lipinski definition) is 5. The fraction of sp³-hybridized carbons (Fsp3) is 0.571. The van der Waals surface area contributed by atoms with Crippen LogP contribution in [0.1, 0.15) is 17.0 Å². The third kappa shape index (κ3) is 4.08. The van der Waals surface area contributed by atoms with Crippen molar-refractivity contribution < 1.29 is 13.9 Å². The summed E-state index contributed by atoms with van der Waals surface area (Å²) < 4.78 is 10.4. The maximum atomic E-state index is 12.3. The first kappa shape index (κ1) is 14.6. The summed E-state index contributed by atoms with van der Waals surface area (Å²) in [4.78, 5) is 16.2. The van der Waals surface area contributed by atoms with Gasteiger partial charge in [-0.2, -0.15) is 5.26 Å². The van der Waals surface area contributed by atoms with E-state index in [9.17, 15) is 4.79 Å². The average molecular weight is 277 g/mol. The number of ether oxygens (including phenoxy) is 1. The Balaban J connectivity index is 1.89. The fourth-order valence-electron chi connectivity index (χ4n) is 2.14. The second kappa shape index (κ2) is 7.68. The zero-order chi connectivity index (χ0) is 14.2. The summed E-state index contributed by atoms with van der Waals surface area (Å²) in [5.74, 6) is 0.170. The number of hydrogen-bond donors (Lipinski definition) is 0. The van der Waals surface area contributed by atoms with Gasteiger partial charge in [0.1, 0.15) is 0 Å². The molecule has 0 atom stereocenters. The van der Waals surface area contributed by atoms with Gasteiger partial charge in [-0.25, -0.2) is 0 Å². The van der Waals surface area contributed by atoms with Crippen LogP contribution in [-0.4, -0.2) is 61.6 Å². The Hall–Kier alpha value is -1.84.